The van der Waals surface area contributed by atoms with Gasteiger partial charge in [0.25, 0.3) is 0 Å². The van der Waals surface area contributed by atoms with Crippen LogP contribution in [0.15, 0.2) is 18.2 Å². The Morgan fingerprint density at radius 1 is 1.31 bits per heavy atom. The fourth-order valence-electron chi connectivity index (χ4n) is 3.09. The van der Waals surface area contributed by atoms with Crippen LogP contribution in [0.1, 0.15) is 56.7 Å². The zero-order valence-electron chi connectivity index (χ0n) is 10.7. The van der Waals surface area contributed by atoms with Crippen molar-refractivity contribution in [2.75, 3.05) is 0 Å². The molecule has 0 nitrogen and oxygen atoms in total. The Kier molecular flexibility index (Phi) is 3.05. The predicted molar refractivity (Wildman–Crippen MR) is 71.2 cm³/mol. The molecule has 2 rings (SSSR count). The summed E-state index contributed by atoms with van der Waals surface area (Å²) in [5, 5.41) is 0. The molecule has 1 aromatic rings. The molecular weight excluding hydrogens is 216 g/mol. The Morgan fingerprint density at radius 3 is 2.62 bits per heavy atom. The fourth-order valence-corrected chi connectivity index (χ4v) is 3.25. The lowest BCUT2D eigenvalue weighted by molar-refractivity contribution is 0.310. The first-order valence-corrected chi connectivity index (χ1v) is 6.68. The third-order valence-electron chi connectivity index (χ3n) is 4.18. The van der Waals surface area contributed by atoms with Gasteiger partial charge in [-0.2, -0.15) is 0 Å². The van der Waals surface area contributed by atoms with E-state index in [0.717, 1.165) is 5.92 Å². The SMILES string of the molecule is CC1CC(C)(C)c2ccc(CCl)cc2C1C. The smallest absolute Gasteiger partial charge is 0.0474 e. The second kappa shape index (κ2) is 4.07. The normalized spacial score (nSPS) is 27.6. The fraction of sp³-hybridized carbons (Fsp3) is 0.600. The molecule has 0 fully saturated rings. The lowest BCUT2D eigenvalue weighted by Crippen LogP contribution is -2.30. The number of hydrogen-bond acceptors (Lipinski definition) is 0. The number of benzene rings is 1. The van der Waals surface area contributed by atoms with Crippen LogP contribution >= 0.6 is 11.6 Å². The first-order valence-electron chi connectivity index (χ1n) is 6.15. The summed E-state index contributed by atoms with van der Waals surface area (Å²) in [5.41, 5.74) is 4.59. The van der Waals surface area contributed by atoms with Gasteiger partial charge in [-0.25, -0.2) is 0 Å². The van der Waals surface area contributed by atoms with Crippen molar-refractivity contribution in [1.82, 2.24) is 0 Å². The van der Waals surface area contributed by atoms with Gasteiger partial charge in [0.15, 0.2) is 0 Å². The van der Waals surface area contributed by atoms with Crippen molar-refractivity contribution in [3.8, 4) is 0 Å². The van der Waals surface area contributed by atoms with Gasteiger partial charge in [-0.15, -0.1) is 11.6 Å². The van der Waals surface area contributed by atoms with Gasteiger partial charge in [-0.1, -0.05) is 45.9 Å². The molecule has 0 heterocycles. The van der Waals surface area contributed by atoms with E-state index in [1.165, 1.54) is 23.1 Å². The summed E-state index contributed by atoms with van der Waals surface area (Å²) in [6, 6.07) is 6.77. The number of hydrogen-bond donors (Lipinski definition) is 0. The van der Waals surface area contributed by atoms with E-state index in [9.17, 15) is 0 Å². The van der Waals surface area contributed by atoms with Crippen LogP contribution in [0.25, 0.3) is 0 Å². The van der Waals surface area contributed by atoms with Gasteiger partial charge >= 0.3 is 0 Å². The van der Waals surface area contributed by atoms with Crippen molar-refractivity contribution in [2.24, 2.45) is 5.92 Å². The zero-order valence-corrected chi connectivity index (χ0v) is 11.4. The summed E-state index contributed by atoms with van der Waals surface area (Å²) in [4.78, 5) is 0. The van der Waals surface area contributed by atoms with Crippen molar-refractivity contribution < 1.29 is 0 Å². The van der Waals surface area contributed by atoms with Gasteiger partial charge in [0.1, 0.15) is 0 Å². The summed E-state index contributed by atoms with van der Waals surface area (Å²) < 4.78 is 0. The van der Waals surface area contributed by atoms with Gasteiger partial charge in [0.2, 0.25) is 0 Å². The van der Waals surface area contributed by atoms with Crippen LogP contribution in [0.3, 0.4) is 0 Å². The van der Waals surface area contributed by atoms with E-state index in [2.05, 4.69) is 45.9 Å². The van der Waals surface area contributed by atoms with Gasteiger partial charge in [-0.3, -0.25) is 0 Å². The average molecular weight is 237 g/mol. The summed E-state index contributed by atoms with van der Waals surface area (Å²) >= 11 is 5.92. The van der Waals surface area contributed by atoms with Crippen LogP contribution in [-0.4, -0.2) is 0 Å². The zero-order chi connectivity index (χ0) is 11.9. The first kappa shape index (κ1) is 12.0. The minimum Gasteiger partial charge on any atom is -0.122 e. The quantitative estimate of drug-likeness (QED) is 0.612. The molecule has 1 heteroatoms. The number of alkyl halides is 1. The maximum absolute atomic E-state index is 5.92. The van der Waals surface area contributed by atoms with Crippen molar-refractivity contribution in [3.05, 3.63) is 34.9 Å². The van der Waals surface area contributed by atoms with E-state index in [4.69, 9.17) is 11.6 Å². The highest BCUT2D eigenvalue weighted by Crippen LogP contribution is 2.45. The Balaban J connectivity index is 2.55. The third kappa shape index (κ3) is 1.88. The average Bonchev–Trinajstić information content (AvgIpc) is 2.25. The molecular formula is C15H21Cl. The summed E-state index contributed by atoms with van der Waals surface area (Å²) in [6.07, 6.45) is 1.28. The molecule has 0 saturated heterocycles. The molecule has 1 aliphatic rings. The highest BCUT2D eigenvalue weighted by molar-refractivity contribution is 6.17. The molecule has 2 atom stereocenters. The maximum atomic E-state index is 5.92. The Hall–Kier alpha value is -0.490. The largest absolute Gasteiger partial charge is 0.122 e. The predicted octanol–water partition coefficient (Wildman–Crippen LogP) is 4.85. The van der Waals surface area contributed by atoms with Gasteiger partial charge in [-0.05, 0) is 40.4 Å². The molecule has 0 saturated carbocycles. The standard InChI is InChI=1S/C15H21Cl/c1-10-8-15(3,4)14-6-5-12(9-16)7-13(14)11(10)2/h5-7,10-11H,8-9H2,1-4H3. The topological polar surface area (TPSA) is 0 Å². The van der Waals surface area contributed by atoms with Crippen LogP contribution in [0.5, 0.6) is 0 Å². The molecule has 0 amide bonds. The first-order chi connectivity index (χ1) is 7.45. The Bertz CT molecular complexity index is 392. The highest BCUT2D eigenvalue weighted by Gasteiger charge is 2.34. The molecule has 0 N–H and O–H groups in total. The molecule has 2 unspecified atom stereocenters. The van der Waals surface area contributed by atoms with E-state index < -0.39 is 0 Å². The van der Waals surface area contributed by atoms with Crippen LogP contribution in [0.2, 0.25) is 0 Å². The molecule has 0 aliphatic heterocycles. The number of rotatable bonds is 1. The van der Waals surface area contributed by atoms with Crippen molar-refractivity contribution in [1.29, 1.82) is 0 Å². The minimum atomic E-state index is 0.312. The van der Waals surface area contributed by atoms with Crippen molar-refractivity contribution in [2.45, 2.75) is 51.3 Å². The van der Waals surface area contributed by atoms with E-state index in [0.29, 0.717) is 17.2 Å². The van der Waals surface area contributed by atoms with Crippen molar-refractivity contribution in [3.63, 3.8) is 0 Å². The summed E-state index contributed by atoms with van der Waals surface area (Å²) in [6.45, 7) is 9.42. The second-order valence-electron chi connectivity index (χ2n) is 5.91. The molecule has 88 valence electrons. The molecule has 0 bridgehead atoms. The monoisotopic (exact) mass is 236 g/mol. The van der Waals surface area contributed by atoms with E-state index >= 15 is 0 Å². The maximum Gasteiger partial charge on any atom is 0.0474 e. The second-order valence-corrected chi connectivity index (χ2v) is 6.18. The van der Waals surface area contributed by atoms with Crippen LogP contribution in [0, 0.1) is 5.92 Å². The summed E-state index contributed by atoms with van der Waals surface area (Å²) in [5.74, 6) is 2.04. The van der Waals surface area contributed by atoms with Gasteiger partial charge in [0, 0.05) is 5.88 Å². The lowest BCUT2D eigenvalue weighted by atomic mass is 9.64. The Labute approximate surface area is 104 Å². The van der Waals surface area contributed by atoms with Crippen LogP contribution in [0.4, 0.5) is 0 Å². The highest BCUT2D eigenvalue weighted by atomic mass is 35.5. The van der Waals surface area contributed by atoms with Gasteiger partial charge < -0.3 is 0 Å². The van der Waals surface area contributed by atoms with Gasteiger partial charge in [0.05, 0.1) is 0 Å². The minimum absolute atomic E-state index is 0.312. The molecule has 0 radical (unpaired) electrons. The third-order valence-corrected chi connectivity index (χ3v) is 4.48. The molecule has 1 aromatic carbocycles. The Morgan fingerprint density at radius 2 is 2.00 bits per heavy atom. The van der Waals surface area contributed by atoms with E-state index in [1.54, 1.807) is 0 Å². The lowest BCUT2D eigenvalue weighted by Gasteiger charge is -2.40. The number of halogens is 1. The van der Waals surface area contributed by atoms with Crippen LogP contribution < -0.4 is 0 Å². The van der Waals surface area contributed by atoms with Crippen LogP contribution in [-0.2, 0) is 11.3 Å². The molecule has 1 aliphatic carbocycles. The molecule has 0 spiro atoms. The van der Waals surface area contributed by atoms with Crippen molar-refractivity contribution >= 4 is 11.6 Å². The molecule has 16 heavy (non-hydrogen) atoms. The van der Waals surface area contributed by atoms with E-state index in [1.807, 2.05) is 0 Å². The molecule has 0 aromatic heterocycles. The number of fused-ring (bicyclic) bond motifs is 1. The van der Waals surface area contributed by atoms with E-state index in [-0.39, 0.29) is 0 Å². The summed E-state index contributed by atoms with van der Waals surface area (Å²) in [7, 11) is 0.